The third-order valence-corrected chi connectivity index (χ3v) is 5.03. The van der Waals surface area contributed by atoms with Crippen LogP contribution in [0.15, 0.2) is 0 Å². The number of carboxylic acid groups (broad SMARTS) is 1. The molecule has 0 aromatic carbocycles. The van der Waals surface area contributed by atoms with Crippen LogP contribution < -0.4 is 0 Å². The van der Waals surface area contributed by atoms with Gasteiger partial charge in [0.2, 0.25) is 5.91 Å². The van der Waals surface area contributed by atoms with E-state index in [2.05, 4.69) is 18.7 Å². The molecule has 3 atom stereocenters. The molecule has 1 heterocycles. The van der Waals surface area contributed by atoms with Crippen molar-refractivity contribution in [3.63, 3.8) is 0 Å². The van der Waals surface area contributed by atoms with E-state index in [1.54, 1.807) is 0 Å². The van der Waals surface area contributed by atoms with Crippen molar-refractivity contribution < 1.29 is 14.7 Å². The van der Waals surface area contributed by atoms with Crippen molar-refractivity contribution in [1.29, 1.82) is 0 Å². The Kier molecular flexibility index (Phi) is 5.65. The van der Waals surface area contributed by atoms with E-state index in [-0.39, 0.29) is 17.7 Å². The highest BCUT2D eigenvalue weighted by Crippen LogP contribution is 2.34. The maximum atomic E-state index is 12.8. The minimum atomic E-state index is -0.736. The topological polar surface area (TPSA) is 57.6 Å². The number of hydrogen-bond acceptors (Lipinski definition) is 2. The summed E-state index contributed by atoms with van der Waals surface area (Å²) in [6.45, 7) is 5.29. The number of likely N-dealkylation sites (tertiary alicyclic amines) is 1. The molecule has 0 aromatic rings. The van der Waals surface area contributed by atoms with Crippen LogP contribution in [0.4, 0.5) is 0 Å². The zero-order valence-corrected chi connectivity index (χ0v) is 13.4. The summed E-state index contributed by atoms with van der Waals surface area (Å²) in [5.74, 6) is -0.279. The van der Waals surface area contributed by atoms with Crippen LogP contribution in [0.3, 0.4) is 0 Å². The summed E-state index contributed by atoms with van der Waals surface area (Å²) in [6.07, 6.45) is 7.65. The third-order valence-electron chi connectivity index (χ3n) is 5.03. The van der Waals surface area contributed by atoms with Crippen LogP contribution in [0.5, 0.6) is 0 Å². The van der Waals surface area contributed by atoms with Crippen molar-refractivity contribution in [1.82, 2.24) is 4.90 Å². The minimum Gasteiger partial charge on any atom is -0.481 e. The van der Waals surface area contributed by atoms with Gasteiger partial charge in [-0.2, -0.15) is 0 Å². The molecule has 2 aliphatic rings. The second kappa shape index (κ2) is 7.28. The molecule has 2 rings (SSSR count). The van der Waals surface area contributed by atoms with Gasteiger partial charge in [0.05, 0.1) is 5.92 Å². The molecule has 4 nitrogen and oxygen atoms in total. The molecule has 1 N–H and O–H groups in total. The van der Waals surface area contributed by atoms with Gasteiger partial charge >= 0.3 is 5.97 Å². The molecular formula is C17H29NO3. The number of carbonyl (C=O) groups is 2. The Morgan fingerprint density at radius 1 is 1.10 bits per heavy atom. The predicted octanol–water partition coefficient (Wildman–Crippen LogP) is 3.30. The van der Waals surface area contributed by atoms with Gasteiger partial charge in [-0.05, 0) is 44.4 Å². The van der Waals surface area contributed by atoms with Crippen LogP contribution in [0.25, 0.3) is 0 Å². The first kappa shape index (κ1) is 16.3. The average molecular weight is 295 g/mol. The number of carboxylic acids is 1. The fraction of sp³-hybridized carbons (Fsp3) is 0.882. The molecule has 1 unspecified atom stereocenters. The van der Waals surface area contributed by atoms with Gasteiger partial charge in [0.15, 0.2) is 0 Å². The maximum Gasteiger partial charge on any atom is 0.306 e. The van der Waals surface area contributed by atoms with Crippen LogP contribution in [-0.2, 0) is 9.59 Å². The highest BCUT2D eigenvalue weighted by Gasteiger charge is 2.37. The fourth-order valence-electron chi connectivity index (χ4n) is 3.92. The van der Waals surface area contributed by atoms with Crippen LogP contribution in [0.1, 0.15) is 65.2 Å². The zero-order valence-electron chi connectivity index (χ0n) is 13.4. The van der Waals surface area contributed by atoms with Gasteiger partial charge in [-0.15, -0.1) is 0 Å². The van der Waals surface area contributed by atoms with Gasteiger partial charge in [-0.1, -0.05) is 26.7 Å². The summed E-state index contributed by atoms with van der Waals surface area (Å²) in [5, 5.41) is 9.11. The number of aliphatic carboxylic acids is 1. The van der Waals surface area contributed by atoms with Crippen molar-refractivity contribution in [3.05, 3.63) is 0 Å². The number of hydrogen-bond donors (Lipinski definition) is 1. The van der Waals surface area contributed by atoms with E-state index in [0.717, 1.165) is 32.2 Å². The Labute approximate surface area is 127 Å². The van der Waals surface area contributed by atoms with E-state index in [4.69, 9.17) is 5.11 Å². The number of rotatable bonds is 4. The van der Waals surface area contributed by atoms with Crippen molar-refractivity contribution in [2.24, 2.45) is 17.8 Å². The molecule has 1 aliphatic heterocycles. The monoisotopic (exact) mass is 295 g/mol. The van der Waals surface area contributed by atoms with Gasteiger partial charge in [0.25, 0.3) is 0 Å². The first-order chi connectivity index (χ1) is 9.99. The van der Waals surface area contributed by atoms with Crippen LogP contribution in [0.2, 0.25) is 0 Å². The van der Waals surface area contributed by atoms with E-state index < -0.39 is 5.97 Å². The second-order valence-corrected chi connectivity index (χ2v) is 7.21. The summed E-state index contributed by atoms with van der Waals surface area (Å²) in [7, 11) is 0. The van der Waals surface area contributed by atoms with E-state index in [0.29, 0.717) is 24.8 Å². The quantitative estimate of drug-likeness (QED) is 0.865. The van der Waals surface area contributed by atoms with E-state index in [1.807, 2.05) is 0 Å². The molecule has 0 radical (unpaired) electrons. The highest BCUT2D eigenvalue weighted by atomic mass is 16.4. The lowest BCUT2D eigenvalue weighted by atomic mass is 9.96. The molecule has 21 heavy (non-hydrogen) atoms. The molecule has 0 aromatic heterocycles. The Balaban J connectivity index is 2.02. The van der Waals surface area contributed by atoms with Crippen molar-refractivity contribution in [2.45, 2.75) is 71.3 Å². The Bertz CT molecular complexity index is 380. The normalized spacial score (nSPS) is 30.4. The lowest BCUT2D eigenvalue weighted by Gasteiger charge is -2.33. The lowest BCUT2D eigenvalue weighted by Crippen LogP contribution is -2.43. The van der Waals surface area contributed by atoms with Gasteiger partial charge in [-0.3, -0.25) is 9.59 Å². The summed E-state index contributed by atoms with van der Waals surface area (Å²) >= 11 is 0. The maximum absolute atomic E-state index is 12.8. The number of carbonyl (C=O) groups excluding carboxylic acids is 1. The molecule has 1 amide bonds. The standard InChI is InChI=1S/C17H29NO3/c1-12(2)10-15-6-4-3-5-9-18(15)16(19)13-7-8-14(11-13)17(20)21/h12-15H,3-11H2,1-2H3,(H,20,21)/t13-,14+,15?/m1/s1. The van der Waals surface area contributed by atoms with Crippen molar-refractivity contribution >= 4 is 11.9 Å². The van der Waals surface area contributed by atoms with Crippen LogP contribution >= 0.6 is 0 Å². The number of nitrogens with zero attached hydrogens (tertiary/aromatic N) is 1. The summed E-state index contributed by atoms with van der Waals surface area (Å²) in [6, 6.07) is 0.365. The smallest absolute Gasteiger partial charge is 0.306 e. The largest absolute Gasteiger partial charge is 0.481 e. The van der Waals surface area contributed by atoms with Crippen molar-refractivity contribution in [3.8, 4) is 0 Å². The summed E-state index contributed by atoms with van der Waals surface area (Å²) in [5.41, 5.74) is 0. The van der Waals surface area contributed by atoms with Crippen LogP contribution in [0, 0.1) is 17.8 Å². The summed E-state index contributed by atoms with van der Waals surface area (Å²) in [4.78, 5) is 26.0. The van der Waals surface area contributed by atoms with Gasteiger partial charge < -0.3 is 10.0 Å². The average Bonchev–Trinajstić information content (AvgIpc) is 2.80. The third kappa shape index (κ3) is 4.21. The minimum absolute atomic E-state index is 0.0566. The molecule has 1 saturated carbocycles. The molecule has 1 saturated heterocycles. The van der Waals surface area contributed by atoms with Gasteiger partial charge in [0.1, 0.15) is 0 Å². The van der Waals surface area contributed by atoms with Gasteiger partial charge in [0, 0.05) is 18.5 Å². The Hall–Kier alpha value is -1.06. The van der Waals surface area contributed by atoms with Crippen LogP contribution in [-0.4, -0.2) is 34.5 Å². The fourth-order valence-corrected chi connectivity index (χ4v) is 3.92. The van der Waals surface area contributed by atoms with Crippen molar-refractivity contribution in [2.75, 3.05) is 6.54 Å². The van der Waals surface area contributed by atoms with Gasteiger partial charge in [-0.25, -0.2) is 0 Å². The predicted molar refractivity (Wildman–Crippen MR) is 81.9 cm³/mol. The Morgan fingerprint density at radius 3 is 2.43 bits per heavy atom. The zero-order chi connectivity index (χ0) is 15.4. The molecule has 2 fully saturated rings. The summed E-state index contributed by atoms with van der Waals surface area (Å²) < 4.78 is 0. The molecule has 0 spiro atoms. The van der Waals surface area contributed by atoms with E-state index in [1.165, 1.54) is 12.8 Å². The first-order valence-electron chi connectivity index (χ1n) is 8.52. The van der Waals surface area contributed by atoms with E-state index in [9.17, 15) is 9.59 Å². The van der Waals surface area contributed by atoms with E-state index >= 15 is 0 Å². The number of amides is 1. The highest BCUT2D eigenvalue weighted by molar-refractivity contribution is 5.81. The SMILES string of the molecule is CC(C)CC1CCCCCN1C(=O)[C@@H]1CC[C@H](C(=O)O)C1. The molecule has 4 heteroatoms. The molecule has 120 valence electrons. The Morgan fingerprint density at radius 2 is 1.81 bits per heavy atom. The molecule has 0 bridgehead atoms. The molecule has 1 aliphatic carbocycles. The second-order valence-electron chi connectivity index (χ2n) is 7.21. The molecular weight excluding hydrogens is 266 g/mol. The lowest BCUT2D eigenvalue weighted by molar-refractivity contribution is -0.142. The first-order valence-corrected chi connectivity index (χ1v) is 8.52.